The van der Waals surface area contributed by atoms with Gasteiger partial charge in [0.25, 0.3) is 0 Å². The van der Waals surface area contributed by atoms with Gasteiger partial charge in [-0.05, 0) is 44.4 Å². The van der Waals surface area contributed by atoms with Crippen molar-refractivity contribution in [2.75, 3.05) is 18.9 Å². The summed E-state index contributed by atoms with van der Waals surface area (Å²) in [6.45, 7) is 5.43. The highest BCUT2D eigenvalue weighted by Crippen LogP contribution is 2.41. The van der Waals surface area contributed by atoms with Crippen LogP contribution in [0.5, 0.6) is 0 Å². The molecule has 0 amide bonds. The fourth-order valence-electron chi connectivity index (χ4n) is 3.53. The van der Waals surface area contributed by atoms with E-state index in [0.717, 1.165) is 50.8 Å². The number of ether oxygens (including phenoxy) is 1. The Morgan fingerprint density at radius 3 is 2.82 bits per heavy atom. The number of hydrogen-bond donors (Lipinski definition) is 1. The van der Waals surface area contributed by atoms with Crippen molar-refractivity contribution in [3.05, 3.63) is 0 Å². The van der Waals surface area contributed by atoms with Gasteiger partial charge in [0, 0.05) is 11.2 Å². The molecule has 1 unspecified atom stereocenters. The van der Waals surface area contributed by atoms with Crippen molar-refractivity contribution >= 4 is 23.5 Å². The van der Waals surface area contributed by atoms with Gasteiger partial charge in [-0.2, -0.15) is 11.8 Å². The van der Waals surface area contributed by atoms with Gasteiger partial charge in [0.05, 0.1) is 18.6 Å². The maximum atomic E-state index is 13.0. The van der Waals surface area contributed by atoms with Gasteiger partial charge in [-0.25, -0.2) is 0 Å². The van der Waals surface area contributed by atoms with E-state index in [1.54, 1.807) is 0 Å². The SMILES string of the molecule is CCCN[C@H]1CCS[C@H]2CCC[C@@H](C(=O)OCCC)C2C1=O. The number of esters is 1. The van der Waals surface area contributed by atoms with E-state index >= 15 is 0 Å². The van der Waals surface area contributed by atoms with Crippen LogP contribution in [0.15, 0.2) is 0 Å². The number of nitrogens with one attached hydrogen (secondary N) is 1. The highest BCUT2D eigenvalue weighted by molar-refractivity contribution is 7.99. The Morgan fingerprint density at radius 2 is 2.09 bits per heavy atom. The van der Waals surface area contributed by atoms with Crippen molar-refractivity contribution in [1.29, 1.82) is 0 Å². The van der Waals surface area contributed by atoms with E-state index in [1.165, 1.54) is 0 Å². The lowest BCUT2D eigenvalue weighted by atomic mass is 9.74. The molecular formula is C17H29NO3S. The largest absolute Gasteiger partial charge is 0.465 e. The molecule has 1 aliphatic heterocycles. The molecule has 1 saturated carbocycles. The number of thioether (sulfide) groups is 1. The molecule has 1 heterocycles. The first kappa shape index (κ1) is 17.8. The average molecular weight is 327 g/mol. The lowest BCUT2D eigenvalue weighted by molar-refractivity contribution is -0.154. The standard InChI is InChI=1S/C17H29NO3S/c1-3-9-18-13-8-11-22-14-7-5-6-12(15(14)16(13)19)17(20)21-10-4-2/h12-15,18H,3-11H2,1-2H3/t12-,13+,14+,15?/m1/s1. The maximum Gasteiger partial charge on any atom is 0.309 e. The first-order valence-corrected chi connectivity index (χ1v) is 9.79. The van der Waals surface area contributed by atoms with Crippen molar-refractivity contribution in [3.8, 4) is 0 Å². The molecular weight excluding hydrogens is 298 g/mol. The van der Waals surface area contributed by atoms with Crippen molar-refractivity contribution in [3.63, 3.8) is 0 Å². The molecule has 2 fully saturated rings. The molecule has 1 N–H and O–H groups in total. The normalized spacial score (nSPS) is 32.2. The Bertz CT molecular complexity index is 388. The Labute approximate surface area is 138 Å². The van der Waals surface area contributed by atoms with Gasteiger partial charge in [0.2, 0.25) is 0 Å². The molecule has 5 heteroatoms. The molecule has 126 valence electrons. The van der Waals surface area contributed by atoms with E-state index in [1.807, 2.05) is 18.7 Å². The van der Waals surface area contributed by atoms with Crippen LogP contribution in [0.2, 0.25) is 0 Å². The molecule has 0 bridgehead atoms. The predicted octanol–water partition coefficient (Wildman–Crippen LogP) is 2.80. The summed E-state index contributed by atoms with van der Waals surface area (Å²) < 4.78 is 5.36. The molecule has 1 saturated heterocycles. The van der Waals surface area contributed by atoms with Crippen LogP contribution in [-0.4, -0.2) is 41.9 Å². The minimum absolute atomic E-state index is 0.0815. The molecule has 4 atom stereocenters. The van der Waals surface area contributed by atoms with Gasteiger partial charge in [0.1, 0.15) is 0 Å². The molecule has 0 radical (unpaired) electrons. The zero-order chi connectivity index (χ0) is 15.9. The average Bonchev–Trinajstić information content (AvgIpc) is 2.69. The summed E-state index contributed by atoms with van der Waals surface area (Å²) in [4.78, 5) is 25.4. The quantitative estimate of drug-likeness (QED) is 0.760. The summed E-state index contributed by atoms with van der Waals surface area (Å²) >= 11 is 1.89. The summed E-state index contributed by atoms with van der Waals surface area (Å²) in [6.07, 6.45) is 5.62. The van der Waals surface area contributed by atoms with Crippen molar-refractivity contribution < 1.29 is 14.3 Å². The molecule has 1 aliphatic carbocycles. The van der Waals surface area contributed by atoms with Gasteiger partial charge < -0.3 is 10.1 Å². The topological polar surface area (TPSA) is 55.4 Å². The Hall–Kier alpha value is -0.550. The van der Waals surface area contributed by atoms with E-state index in [2.05, 4.69) is 12.2 Å². The highest BCUT2D eigenvalue weighted by atomic mass is 32.2. The van der Waals surface area contributed by atoms with E-state index in [0.29, 0.717) is 11.9 Å². The molecule has 0 spiro atoms. The first-order chi connectivity index (χ1) is 10.7. The summed E-state index contributed by atoms with van der Waals surface area (Å²) in [7, 11) is 0. The van der Waals surface area contributed by atoms with Crippen LogP contribution in [-0.2, 0) is 14.3 Å². The molecule has 0 aromatic carbocycles. The van der Waals surface area contributed by atoms with Crippen LogP contribution in [0.1, 0.15) is 52.4 Å². The van der Waals surface area contributed by atoms with E-state index in [9.17, 15) is 9.59 Å². The minimum Gasteiger partial charge on any atom is -0.465 e. The lowest BCUT2D eigenvalue weighted by Crippen LogP contribution is -2.47. The molecule has 0 aromatic rings. The summed E-state index contributed by atoms with van der Waals surface area (Å²) in [5.74, 6) is 0.725. The first-order valence-electron chi connectivity index (χ1n) is 8.74. The number of rotatable bonds is 6. The van der Waals surface area contributed by atoms with E-state index in [-0.39, 0.29) is 29.6 Å². The van der Waals surface area contributed by atoms with Gasteiger partial charge in [0.15, 0.2) is 5.78 Å². The van der Waals surface area contributed by atoms with Crippen LogP contribution in [0.3, 0.4) is 0 Å². The Balaban J connectivity index is 2.11. The summed E-state index contributed by atoms with van der Waals surface area (Å²) in [5, 5.41) is 3.68. The van der Waals surface area contributed by atoms with Crippen LogP contribution in [0, 0.1) is 11.8 Å². The van der Waals surface area contributed by atoms with Crippen LogP contribution >= 0.6 is 11.8 Å². The smallest absolute Gasteiger partial charge is 0.309 e. The van der Waals surface area contributed by atoms with Gasteiger partial charge in [-0.3, -0.25) is 9.59 Å². The zero-order valence-electron chi connectivity index (χ0n) is 13.8. The molecule has 4 nitrogen and oxygen atoms in total. The fraction of sp³-hybridized carbons (Fsp3) is 0.882. The second-order valence-electron chi connectivity index (χ2n) is 6.34. The van der Waals surface area contributed by atoms with Gasteiger partial charge >= 0.3 is 5.97 Å². The van der Waals surface area contributed by atoms with Crippen LogP contribution < -0.4 is 5.32 Å². The van der Waals surface area contributed by atoms with Crippen LogP contribution in [0.25, 0.3) is 0 Å². The van der Waals surface area contributed by atoms with Crippen molar-refractivity contribution in [1.82, 2.24) is 5.32 Å². The zero-order valence-corrected chi connectivity index (χ0v) is 14.6. The number of Topliss-reactive ketones (excluding diaryl/α,β-unsaturated/α-hetero) is 1. The van der Waals surface area contributed by atoms with Gasteiger partial charge in [-0.1, -0.05) is 20.3 Å². The monoisotopic (exact) mass is 327 g/mol. The van der Waals surface area contributed by atoms with Crippen molar-refractivity contribution in [2.24, 2.45) is 11.8 Å². The summed E-state index contributed by atoms with van der Waals surface area (Å²) in [5.41, 5.74) is 0. The number of carbonyl (C=O) groups excluding carboxylic acids is 2. The molecule has 22 heavy (non-hydrogen) atoms. The third-order valence-corrected chi connectivity index (χ3v) is 6.07. The third kappa shape index (κ3) is 4.25. The molecule has 2 rings (SSSR count). The number of ketones is 1. The molecule has 2 aliphatic rings. The number of fused-ring (bicyclic) bond motifs is 1. The molecule has 0 aromatic heterocycles. The fourth-order valence-corrected chi connectivity index (χ4v) is 5.07. The Morgan fingerprint density at radius 1 is 1.27 bits per heavy atom. The van der Waals surface area contributed by atoms with E-state index in [4.69, 9.17) is 4.74 Å². The Kier molecular flexibility index (Phi) is 7.22. The van der Waals surface area contributed by atoms with Crippen molar-refractivity contribution in [2.45, 2.75) is 63.7 Å². The lowest BCUT2D eigenvalue weighted by Gasteiger charge is -2.35. The third-order valence-electron chi connectivity index (χ3n) is 4.64. The maximum absolute atomic E-state index is 13.0. The second kappa shape index (κ2) is 8.92. The predicted molar refractivity (Wildman–Crippen MR) is 90.0 cm³/mol. The minimum atomic E-state index is -0.227. The van der Waals surface area contributed by atoms with Gasteiger partial charge in [-0.15, -0.1) is 0 Å². The number of carbonyl (C=O) groups is 2. The second-order valence-corrected chi connectivity index (χ2v) is 7.68. The highest BCUT2D eigenvalue weighted by Gasteiger charge is 2.46. The van der Waals surface area contributed by atoms with E-state index < -0.39 is 0 Å². The van der Waals surface area contributed by atoms with Crippen LogP contribution in [0.4, 0.5) is 0 Å². The number of hydrogen-bond acceptors (Lipinski definition) is 5. The summed E-state index contributed by atoms with van der Waals surface area (Å²) in [6, 6.07) is -0.0815.